The van der Waals surface area contributed by atoms with Gasteiger partial charge in [-0.25, -0.2) is 0 Å². The summed E-state index contributed by atoms with van der Waals surface area (Å²) in [5.41, 5.74) is 0. The van der Waals surface area contributed by atoms with Crippen molar-refractivity contribution in [1.82, 2.24) is 0 Å². The van der Waals surface area contributed by atoms with E-state index in [0.717, 1.165) is 6.42 Å². The molecule has 1 heteroatoms. The summed E-state index contributed by atoms with van der Waals surface area (Å²) in [5, 5.41) is 8.85. The second kappa shape index (κ2) is 8.63. The van der Waals surface area contributed by atoms with E-state index in [9.17, 15) is 0 Å². The molecule has 0 heterocycles. The molecular formula is C11H22O. The zero-order valence-corrected chi connectivity index (χ0v) is 8.47. The van der Waals surface area contributed by atoms with Crippen molar-refractivity contribution >= 4 is 0 Å². The maximum absolute atomic E-state index is 8.85. The number of rotatable bonds is 7. The van der Waals surface area contributed by atoms with E-state index in [1.54, 1.807) is 6.92 Å². The fraction of sp³-hybridized carbons (Fsp3) is 0.818. The fourth-order valence-electron chi connectivity index (χ4n) is 1.24. The van der Waals surface area contributed by atoms with Crippen molar-refractivity contribution in [2.45, 2.75) is 58.8 Å². The summed E-state index contributed by atoms with van der Waals surface area (Å²) in [6.45, 7) is 3.97. The minimum Gasteiger partial charge on any atom is -0.513 e. The first kappa shape index (κ1) is 11.5. The predicted octanol–water partition coefficient (Wildman–Crippen LogP) is 4.20. The Bertz CT molecular complexity index is 112. The molecule has 0 radical (unpaired) electrons. The number of allylic oxidation sites excluding steroid dienone is 2. The van der Waals surface area contributed by atoms with Gasteiger partial charge in [0.25, 0.3) is 0 Å². The van der Waals surface area contributed by atoms with Crippen LogP contribution in [0.25, 0.3) is 0 Å². The van der Waals surface area contributed by atoms with Gasteiger partial charge in [-0.1, -0.05) is 39.0 Å². The molecule has 0 aliphatic heterocycles. The molecule has 0 spiro atoms. The second-order valence-electron chi connectivity index (χ2n) is 3.40. The molecule has 0 saturated carbocycles. The molecule has 0 aliphatic rings. The van der Waals surface area contributed by atoms with Crippen molar-refractivity contribution in [2.75, 3.05) is 0 Å². The molecule has 0 aliphatic carbocycles. The van der Waals surface area contributed by atoms with Crippen LogP contribution >= 0.6 is 0 Å². The molecular weight excluding hydrogens is 148 g/mol. The fourth-order valence-corrected chi connectivity index (χ4v) is 1.24. The molecule has 0 saturated heterocycles. The van der Waals surface area contributed by atoms with Crippen LogP contribution in [-0.4, -0.2) is 5.11 Å². The van der Waals surface area contributed by atoms with E-state index in [0.29, 0.717) is 5.76 Å². The molecule has 0 amide bonds. The third-order valence-corrected chi connectivity index (χ3v) is 2.00. The Morgan fingerprint density at radius 3 is 2.25 bits per heavy atom. The molecule has 1 N–H and O–H groups in total. The van der Waals surface area contributed by atoms with Gasteiger partial charge in [-0.3, -0.25) is 0 Å². The molecule has 0 fully saturated rings. The van der Waals surface area contributed by atoms with Gasteiger partial charge in [0.15, 0.2) is 0 Å². The molecule has 12 heavy (non-hydrogen) atoms. The van der Waals surface area contributed by atoms with E-state index in [2.05, 4.69) is 6.92 Å². The van der Waals surface area contributed by atoms with Gasteiger partial charge < -0.3 is 5.11 Å². The van der Waals surface area contributed by atoms with Gasteiger partial charge in [-0.15, -0.1) is 0 Å². The highest BCUT2D eigenvalue weighted by Crippen LogP contribution is 2.07. The van der Waals surface area contributed by atoms with Crippen molar-refractivity contribution in [3.05, 3.63) is 11.8 Å². The van der Waals surface area contributed by atoms with Crippen molar-refractivity contribution in [3.8, 4) is 0 Å². The van der Waals surface area contributed by atoms with Crippen molar-refractivity contribution in [3.63, 3.8) is 0 Å². The van der Waals surface area contributed by atoms with Crippen LogP contribution in [0.4, 0.5) is 0 Å². The number of hydrogen-bond donors (Lipinski definition) is 1. The number of unbranched alkanes of at least 4 members (excludes halogenated alkanes) is 6. The van der Waals surface area contributed by atoms with E-state index < -0.39 is 0 Å². The van der Waals surface area contributed by atoms with Gasteiger partial charge in [0, 0.05) is 0 Å². The van der Waals surface area contributed by atoms with E-state index in [1.165, 1.54) is 38.5 Å². The Balaban J connectivity index is 2.96. The average molecular weight is 170 g/mol. The van der Waals surface area contributed by atoms with Crippen LogP contribution in [0.3, 0.4) is 0 Å². The Morgan fingerprint density at radius 2 is 1.67 bits per heavy atom. The first-order valence-electron chi connectivity index (χ1n) is 5.13. The van der Waals surface area contributed by atoms with Crippen molar-refractivity contribution in [2.24, 2.45) is 0 Å². The smallest absolute Gasteiger partial charge is 0.0851 e. The van der Waals surface area contributed by atoms with E-state index in [1.807, 2.05) is 6.08 Å². The van der Waals surface area contributed by atoms with E-state index in [4.69, 9.17) is 5.11 Å². The monoisotopic (exact) mass is 170 g/mol. The van der Waals surface area contributed by atoms with Gasteiger partial charge in [-0.05, 0) is 25.8 Å². The summed E-state index contributed by atoms with van der Waals surface area (Å²) in [6.07, 6.45) is 10.9. The summed E-state index contributed by atoms with van der Waals surface area (Å²) in [7, 11) is 0. The third-order valence-electron chi connectivity index (χ3n) is 2.00. The lowest BCUT2D eigenvalue weighted by Gasteiger charge is -1.97. The maximum Gasteiger partial charge on any atom is 0.0851 e. The van der Waals surface area contributed by atoms with Crippen LogP contribution < -0.4 is 0 Å². The normalized spacial score (nSPS) is 12.0. The van der Waals surface area contributed by atoms with Crippen LogP contribution in [0.1, 0.15) is 58.8 Å². The summed E-state index contributed by atoms with van der Waals surface area (Å²) in [6, 6.07) is 0. The molecule has 72 valence electrons. The molecule has 0 aromatic carbocycles. The molecule has 0 rings (SSSR count). The minimum atomic E-state index is 0.462. The predicted molar refractivity (Wildman–Crippen MR) is 54.4 cm³/mol. The second-order valence-corrected chi connectivity index (χ2v) is 3.40. The summed E-state index contributed by atoms with van der Waals surface area (Å²) in [4.78, 5) is 0. The summed E-state index contributed by atoms with van der Waals surface area (Å²) in [5.74, 6) is 0.462. The SMILES string of the molecule is CCCCCCCC/C=C(/C)O. The van der Waals surface area contributed by atoms with Gasteiger partial charge in [-0.2, -0.15) is 0 Å². The molecule has 0 aromatic heterocycles. The quantitative estimate of drug-likeness (QED) is 0.448. The minimum absolute atomic E-state index is 0.462. The van der Waals surface area contributed by atoms with Crippen LogP contribution in [-0.2, 0) is 0 Å². The van der Waals surface area contributed by atoms with Crippen LogP contribution in [0.5, 0.6) is 0 Å². The Morgan fingerprint density at radius 1 is 1.08 bits per heavy atom. The number of hydrogen-bond acceptors (Lipinski definition) is 1. The van der Waals surface area contributed by atoms with Gasteiger partial charge in [0.2, 0.25) is 0 Å². The van der Waals surface area contributed by atoms with E-state index >= 15 is 0 Å². The Labute approximate surface area is 76.5 Å². The highest BCUT2D eigenvalue weighted by molar-refractivity contribution is 4.84. The Kier molecular flexibility index (Phi) is 8.30. The lowest BCUT2D eigenvalue weighted by atomic mass is 10.1. The largest absolute Gasteiger partial charge is 0.513 e. The first-order valence-corrected chi connectivity index (χ1v) is 5.13. The zero-order chi connectivity index (χ0) is 9.23. The van der Waals surface area contributed by atoms with Crippen molar-refractivity contribution < 1.29 is 5.11 Å². The molecule has 1 nitrogen and oxygen atoms in total. The molecule has 0 unspecified atom stereocenters. The Hall–Kier alpha value is -0.460. The van der Waals surface area contributed by atoms with E-state index in [-0.39, 0.29) is 0 Å². The molecule has 0 atom stereocenters. The highest BCUT2D eigenvalue weighted by Gasteiger charge is 1.88. The van der Waals surface area contributed by atoms with Crippen molar-refractivity contribution in [1.29, 1.82) is 0 Å². The van der Waals surface area contributed by atoms with Crippen LogP contribution in [0.15, 0.2) is 11.8 Å². The summed E-state index contributed by atoms with van der Waals surface area (Å²) < 4.78 is 0. The number of aliphatic hydroxyl groups is 1. The standard InChI is InChI=1S/C11H22O/c1-3-4-5-6-7-8-9-10-11(2)12/h10,12H,3-9H2,1-2H3/b11-10-. The molecule has 0 bridgehead atoms. The average Bonchev–Trinajstić information content (AvgIpc) is 2.02. The van der Waals surface area contributed by atoms with Gasteiger partial charge in [0.1, 0.15) is 0 Å². The van der Waals surface area contributed by atoms with Crippen LogP contribution in [0.2, 0.25) is 0 Å². The topological polar surface area (TPSA) is 20.2 Å². The lowest BCUT2D eigenvalue weighted by Crippen LogP contribution is -1.78. The number of aliphatic hydroxyl groups excluding tert-OH is 1. The van der Waals surface area contributed by atoms with Gasteiger partial charge >= 0.3 is 0 Å². The third kappa shape index (κ3) is 9.54. The zero-order valence-electron chi connectivity index (χ0n) is 8.47. The molecule has 0 aromatic rings. The first-order chi connectivity index (χ1) is 5.77. The van der Waals surface area contributed by atoms with Crippen LogP contribution in [0, 0.1) is 0 Å². The lowest BCUT2D eigenvalue weighted by molar-refractivity contribution is 0.410. The summed E-state index contributed by atoms with van der Waals surface area (Å²) >= 11 is 0. The van der Waals surface area contributed by atoms with Gasteiger partial charge in [0.05, 0.1) is 5.76 Å². The highest BCUT2D eigenvalue weighted by atomic mass is 16.3. The maximum atomic E-state index is 8.85.